The first-order valence-corrected chi connectivity index (χ1v) is 10.5. The fourth-order valence-electron chi connectivity index (χ4n) is 2.77. The van der Waals surface area contributed by atoms with Gasteiger partial charge in [-0.3, -0.25) is 19.2 Å². The molecular weight excluding hydrogens is 410 g/mol. The van der Waals surface area contributed by atoms with Gasteiger partial charge >= 0.3 is 23.9 Å². The van der Waals surface area contributed by atoms with Gasteiger partial charge < -0.3 is 18.9 Å². The van der Waals surface area contributed by atoms with E-state index in [2.05, 4.69) is 5.10 Å². The van der Waals surface area contributed by atoms with Crippen molar-refractivity contribution in [2.75, 3.05) is 26.4 Å². The Morgan fingerprint density at radius 1 is 0.774 bits per heavy atom. The maximum atomic E-state index is 12.1. The zero-order chi connectivity index (χ0) is 23.2. The van der Waals surface area contributed by atoms with Crippen LogP contribution in [0.3, 0.4) is 0 Å². The van der Waals surface area contributed by atoms with Gasteiger partial charge in [0.1, 0.15) is 6.54 Å². The van der Waals surface area contributed by atoms with Crippen molar-refractivity contribution < 1.29 is 42.7 Å². The molecule has 0 saturated carbocycles. The normalized spacial score (nSPS) is 10.8. The van der Waals surface area contributed by atoms with Crippen LogP contribution in [0.2, 0.25) is 0 Å². The monoisotopic (exact) mass is 442 g/mol. The van der Waals surface area contributed by atoms with Crippen molar-refractivity contribution in [2.45, 2.75) is 53.6 Å². The van der Waals surface area contributed by atoms with Crippen LogP contribution in [0, 0.1) is 11.8 Å². The van der Waals surface area contributed by atoms with Gasteiger partial charge in [0.15, 0.2) is 11.8 Å². The van der Waals surface area contributed by atoms with Gasteiger partial charge in [-0.25, -0.2) is 4.57 Å². The zero-order valence-corrected chi connectivity index (χ0v) is 18.6. The molecule has 11 heteroatoms. The largest absolute Gasteiger partial charge is 0.465 e. The first-order valence-electron chi connectivity index (χ1n) is 10.5. The molecule has 0 spiro atoms. The molecule has 0 unspecified atom stereocenters. The second-order valence-electron chi connectivity index (χ2n) is 6.44. The Morgan fingerprint density at radius 2 is 1.19 bits per heavy atom. The number of aromatic nitrogens is 3. The molecule has 0 bridgehead atoms. The number of carbonyl (C=O) groups is 4. The summed E-state index contributed by atoms with van der Waals surface area (Å²) in [6, 6.07) is 0. The van der Waals surface area contributed by atoms with Crippen molar-refractivity contribution in [2.24, 2.45) is 11.8 Å². The molecule has 174 valence electrons. The topological polar surface area (TPSA) is 127 Å². The van der Waals surface area contributed by atoms with Crippen molar-refractivity contribution in [3.8, 4) is 0 Å². The van der Waals surface area contributed by atoms with Gasteiger partial charge in [0.05, 0.1) is 33.0 Å². The lowest BCUT2D eigenvalue weighted by atomic mass is 10.1. The SMILES string of the molecule is CCOC(=O)C(CCn1c[n+](CCC(C(=O)OCC)C(=O)OCC)cn1)C(=O)OCC. The summed E-state index contributed by atoms with van der Waals surface area (Å²) in [6.07, 6.45) is 3.52. The fourth-order valence-corrected chi connectivity index (χ4v) is 2.77. The molecule has 0 aliphatic rings. The third-order valence-corrected chi connectivity index (χ3v) is 4.24. The molecule has 1 aromatic heterocycles. The summed E-state index contributed by atoms with van der Waals surface area (Å²) in [4.78, 5) is 48.2. The average Bonchev–Trinajstić information content (AvgIpc) is 3.17. The quantitative estimate of drug-likeness (QED) is 0.174. The first kappa shape index (κ1) is 26.1. The van der Waals surface area contributed by atoms with E-state index in [-0.39, 0.29) is 45.8 Å². The second kappa shape index (κ2) is 14.1. The smallest absolute Gasteiger partial charge is 0.320 e. The van der Waals surface area contributed by atoms with Crippen LogP contribution < -0.4 is 4.57 Å². The molecule has 0 amide bonds. The molecule has 0 atom stereocenters. The molecule has 0 saturated heterocycles. The van der Waals surface area contributed by atoms with E-state index in [1.54, 1.807) is 43.3 Å². The van der Waals surface area contributed by atoms with Crippen LogP contribution in [-0.4, -0.2) is 60.1 Å². The van der Waals surface area contributed by atoms with Gasteiger partial charge in [-0.1, -0.05) is 0 Å². The molecular formula is C20H32N3O8+. The maximum Gasteiger partial charge on any atom is 0.320 e. The summed E-state index contributed by atoms with van der Waals surface area (Å²) in [5, 5.41) is 4.18. The van der Waals surface area contributed by atoms with Gasteiger partial charge in [-0.15, -0.1) is 4.68 Å². The van der Waals surface area contributed by atoms with Crippen molar-refractivity contribution in [1.29, 1.82) is 0 Å². The summed E-state index contributed by atoms with van der Waals surface area (Å²) in [7, 11) is 0. The van der Waals surface area contributed by atoms with Gasteiger partial charge in [0, 0.05) is 17.9 Å². The molecule has 0 fully saturated rings. The fraction of sp³-hybridized carbons (Fsp3) is 0.700. The number of ether oxygens (including phenoxy) is 4. The van der Waals surface area contributed by atoms with Crippen molar-refractivity contribution in [3.05, 3.63) is 12.7 Å². The van der Waals surface area contributed by atoms with Gasteiger partial charge in [0.25, 0.3) is 6.33 Å². The van der Waals surface area contributed by atoms with E-state index in [9.17, 15) is 19.2 Å². The lowest BCUT2D eigenvalue weighted by Crippen LogP contribution is -2.37. The highest BCUT2D eigenvalue weighted by Gasteiger charge is 2.31. The molecule has 0 aromatic carbocycles. The summed E-state index contributed by atoms with van der Waals surface area (Å²) >= 11 is 0. The highest BCUT2D eigenvalue weighted by molar-refractivity contribution is 5.95. The summed E-state index contributed by atoms with van der Waals surface area (Å²) in [6.45, 7) is 7.92. The van der Waals surface area contributed by atoms with Crippen LogP contribution in [0.15, 0.2) is 12.7 Å². The maximum absolute atomic E-state index is 12.1. The summed E-state index contributed by atoms with van der Waals surface area (Å²) in [5.41, 5.74) is 0. The van der Waals surface area contributed by atoms with E-state index in [1.165, 1.54) is 6.33 Å². The Bertz CT molecular complexity index is 639. The van der Waals surface area contributed by atoms with E-state index in [0.29, 0.717) is 6.54 Å². The first-order chi connectivity index (χ1) is 14.9. The molecule has 31 heavy (non-hydrogen) atoms. The standard InChI is InChI=1S/C20H32N3O8/c1-5-28-17(24)15(18(25)29-6-2)9-11-22-13-21-23(14-22)12-10-16(19(26)30-7-3)20(27)31-8-4/h13-16H,5-12H2,1-4H3/q+1. The number of rotatable bonds is 14. The van der Waals surface area contributed by atoms with Crippen LogP contribution in [-0.2, 0) is 51.2 Å². The Labute approximate surface area is 181 Å². The molecule has 11 nitrogen and oxygen atoms in total. The highest BCUT2D eigenvalue weighted by Crippen LogP contribution is 2.11. The van der Waals surface area contributed by atoms with Crippen LogP contribution in [0.1, 0.15) is 40.5 Å². The van der Waals surface area contributed by atoms with Crippen molar-refractivity contribution in [3.63, 3.8) is 0 Å². The van der Waals surface area contributed by atoms with E-state index in [1.807, 2.05) is 0 Å². The number of nitrogens with zero attached hydrogens (tertiary/aromatic N) is 3. The minimum Gasteiger partial charge on any atom is -0.465 e. The molecule has 0 aliphatic heterocycles. The van der Waals surface area contributed by atoms with E-state index >= 15 is 0 Å². The number of hydrogen-bond donors (Lipinski definition) is 0. The van der Waals surface area contributed by atoms with Gasteiger partial charge in [-0.05, 0) is 27.7 Å². The third kappa shape index (κ3) is 8.73. The Kier molecular flexibility index (Phi) is 11.9. The lowest BCUT2D eigenvalue weighted by Gasteiger charge is -2.13. The third-order valence-electron chi connectivity index (χ3n) is 4.24. The van der Waals surface area contributed by atoms with Gasteiger partial charge in [-0.2, -0.15) is 0 Å². The summed E-state index contributed by atoms with van der Waals surface area (Å²) < 4.78 is 23.1. The predicted molar refractivity (Wildman–Crippen MR) is 105 cm³/mol. The molecule has 0 radical (unpaired) electrons. The Morgan fingerprint density at radius 3 is 1.61 bits per heavy atom. The molecule has 1 heterocycles. The Balaban J connectivity index is 2.72. The minimum atomic E-state index is -1.03. The van der Waals surface area contributed by atoms with Crippen LogP contribution in [0.4, 0.5) is 0 Å². The van der Waals surface area contributed by atoms with Gasteiger partial charge in [0.2, 0.25) is 6.33 Å². The average molecular weight is 442 g/mol. The minimum absolute atomic E-state index is 0.160. The predicted octanol–water partition coefficient (Wildman–Crippen LogP) is 0.436. The molecule has 0 N–H and O–H groups in total. The Hall–Kier alpha value is -2.98. The zero-order valence-electron chi connectivity index (χ0n) is 18.6. The van der Waals surface area contributed by atoms with Crippen LogP contribution in [0.25, 0.3) is 0 Å². The van der Waals surface area contributed by atoms with E-state index in [0.717, 1.165) is 0 Å². The van der Waals surface area contributed by atoms with Crippen molar-refractivity contribution in [1.82, 2.24) is 9.78 Å². The van der Waals surface area contributed by atoms with E-state index in [4.69, 9.17) is 18.9 Å². The van der Waals surface area contributed by atoms with Crippen LogP contribution >= 0.6 is 0 Å². The van der Waals surface area contributed by atoms with Crippen molar-refractivity contribution >= 4 is 23.9 Å². The number of esters is 4. The lowest BCUT2D eigenvalue weighted by molar-refractivity contribution is -0.698. The summed E-state index contributed by atoms with van der Waals surface area (Å²) in [5.74, 6) is -4.57. The molecule has 1 aromatic rings. The van der Waals surface area contributed by atoms with Crippen LogP contribution in [0.5, 0.6) is 0 Å². The number of carbonyl (C=O) groups excluding carboxylic acids is 4. The van der Waals surface area contributed by atoms with E-state index < -0.39 is 35.7 Å². The molecule has 1 rings (SSSR count). The number of hydrogen-bond acceptors (Lipinski definition) is 9. The second-order valence-corrected chi connectivity index (χ2v) is 6.44. The highest BCUT2D eigenvalue weighted by atomic mass is 16.6. The molecule has 0 aliphatic carbocycles. The number of aryl methyl sites for hydroxylation is 2.